The van der Waals surface area contributed by atoms with E-state index < -0.39 is 23.7 Å². The van der Waals surface area contributed by atoms with Crippen LogP contribution in [0.3, 0.4) is 0 Å². The van der Waals surface area contributed by atoms with Gasteiger partial charge in [0.15, 0.2) is 0 Å². The number of aromatic carboxylic acids is 1. The summed E-state index contributed by atoms with van der Waals surface area (Å²) in [5.74, 6) is 0.146. The zero-order chi connectivity index (χ0) is 28.9. The van der Waals surface area contributed by atoms with Crippen LogP contribution in [0.1, 0.15) is 68.8 Å². The van der Waals surface area contributed by atoms with Crippen LogP contribution in [0.2, 0.25) is 0 Å². The Kier molecular flexibility index (Phi) is 9.48. The maximum absolute atomic E-state index is 13.6. The SMILES string of the molecule is CCCCN1C(=O)[C@@H]([C@H](O)CC(C)C)NC(=O)C12CCN(Cc1ccc(Oc3ccc(C(=O)O)cc3)cc1)CC2. The number of likely N-dealkylation sites (tertiary alicyclic amines) is 1. The standard InChI is InChI=1S/C31H41N3O6/c1-4-5-16-34-28(36)27(26(35)19-21(2)3)32-30(39)31(34)14-17-33(18-15-31)20-22-6-10-24(11-7-22)40-25-12-8-23(9-13-25)29(37)38/h6-13,21,26-27,35H,4-5,14-20H2,1-3H3,(H,32,39)(H,37,38)/t26-,27-/m1/s1. The normalized spacial score (nSPS) is 20.0. The third-order valence-corrected chi connectivity index (χ3v) is 7.94. The van der Waals surface area contributed by atoms with Crippen LogP contribution in [-0.2, 0) is 16.1 Å². The Morgan fingerprint density at radius 1 is 1.05 bits per heavy atom. The molecule has 9 heteroatoms. The van der Waals surface area contributed by atoms with Gasteiger partial charge in [-0.3, -0.25) is 14.5 Å². The van der Waals surface area contributed by atoms with E-state index in [1.807, 2.05) is 38.1 Å². The number of ether oxygens (including phenoxy) is 1. The van der Waals surface area contributed by atoms with E-state index in [1.54, 1.807) is 17.0 Å². The fourth-order valence-corrected chi connectivity index (χ4v) is 5.66. The second kappa shape index (κ2) is 12.8. The van der Waals surface area contributed by atoms with Gasteiger partial charge in [-0.15, -0.1) is 0 Å². The number of hydrogen-bond acceptors (Lipinski definition) is 6. The van der Waals surface area contributed by atoms with Crippen molar-refractivity contribution in [3.05, 3.63) is 59.7 Å². The lowest BCUT2D eigenvalue weighted by Crippen LogP contribution is -2.74. The van der Waals surface area contributed by atoms with Crippen molar-refractivity contribution < 1.29 is 29.3 Å². The van der Waals surface area contributed by atoms with Crippen molar-refractivity contribution >= 4 is 17.8 Å². The summed E-state index contributed by atoms with van der Waals surface area (Å²) in [7, 11) is 0. The first-order valence-electron chi connectivity index (χ1n) is 14.3. The van der Waals surface area contributed by atoms with E-state index in [0.717, 1.165) is 18.4 Å². The van der Waals surface area contributed by atoms with Crippen molar-refractivity contribution in [3.8, 4) is 11.5 Å². The topological polar surface area (TPSA) is 119 Å². The van der Waals surface area contributed by atoms with Gasteiger partial charge in [0.1, 0.15) is 23.1 Å². The average molecular weight is 552 g/mol. The summed E-state index contributed by atoms with van der Waals surface area (Å²) < 4.78 is 5.84. The van der Waals surface area contributed by atoms with E-state index in [-0.39, 0.29) is 23.3 Å². The Hall–Kier alpha value is -3.43. The quantitative estimate of drug-likeness (QED) is 0.386. The minimum Gasteiger partial charge on any atom is -0.478 e. The Morgan fingerprint density at radius 2 is 1.65 bits per heavy atom. The molecule has 0 aromatic heterocycles. The third-order valence-electron chi connectivity index (χ3n) is 7.94. The Bertz CT molecular complexity index is 1170. The molecule has 216 valence electrons. The van der Waals surface area contributed by atoms with Gasteiger partial charge in [0.25, 0.3) is 0 Å². The number of hydrogen-bond donors (Lipinski definition) is 3. The maximum Gasteiger partial charge on any atom is 0.335 e. The molecule has 2 fully saturated rings. The number of amides is 2. The summed E-state index contributed by atoms with van der Waals surface area (Å²) in [4.78, 5) is 42.2. The number of rotatable bonds is 11. The molecule has 2 heterocycles. The van der Waals surface area contributed by atoms with Crippen molar-refractivity contribution in [3.63, 3.8) is 0 Å². The lowest BCUT2D eigenvalue weighted by atomic mass is 9.80. The third kappa shape index (κ3) is 6.64. The molecule has 2 aromatic carbocycles. The second-order valence-corrected chi connectivity index (χ2v) is 11.4. The fourth-order valence-electron chi connectivity index (χ4n) is 5.66. The number of carbonyl (C=O) groups excluding carboxylic acids is 2. The molecule has 40 heavy (non-hydrogen) atoms. The van der Waals surface area contributed by atoms with Gasteiger partial charge in [-0.25, -0.2) is 4.79 Å². The number of carboxylic acid groups (broad SMARTS) is 1. The highest BCUT2D eigenvalue weighted by molar-refractivity contribution is 6.00. The molecule has 4 rings (SSSR count). The van der Waals surface area contributed by atoms with Crippen molar-refractivity contribution in [1.82, 2.24) is 15.1 Å². The molecule has 2 atom stereocenters. The van der Waals surface area contributed by atoms with Crippen LogP contribution in [0.4, 0.5) is 0 Å². The summed E-state index contributed by atoms with van der Waals surface area (Å²) in [6.45, 7) is 8.64. The zero-order valence-electron chi connectivity index (χ0n) is 23.6. The minimum atomic E-state index is -0.978. The second-order valence-electron chi connectivity index (χ2n) is 11.4. The van der Waals surface area contributed by atoms with Gasteiger partial charge >= 0.3 is 5.97 Å². The summed E-state index contributed by atoms with van der Waals surface area (Å²) in [5.41, 5.74) is 0.441. The Labute approximate surface area is 236 Å². The number of unbranched alkanes of at least 4 members (excludes halogenated alkanes) is 1. The molecule has 2 aromatic rings. The number of nitrogens with one attached hydrogen (secondary N) is 1. The largest absolute Gasteiger partial charge is 0.478 e. The molecule has 3 N–H and O–H groups in total. The predicted molar refractivity (Wildman–Crippen MR) is 151 cm³/mol. The Balaban J connectivity index is 1.37. The number of nitrogens with zero attached hydrogens (tertiary/aromatic N) is 2. The smallest absolute Gasteiger partial charge is 0.335 e. The highest BCUT2D eigenvalue weighted by atomic mass is 16.5. The van der Waals surface area contributed by atoms with Gasteiger partial charge in [0, 0.05) is 26.2 Å². The number of benzene rings is 2. The maximum atomic E-state index is 13.6. The minimum absolute atomic E-state index is 0.145. The van der Waals surface area contributed by atoms with Crippen LogP contribution in [0, 0.1) is 5.92 Å². The van der Waals surface area contributed by atoms with Crippen molar-refractivity contribution in [2.75, 3.05) is 19.6 Å². The molecule has 2 aliphatic heterocycles. The highest BCUT2D eigenvalue weighted by Crippen LogP contribution is 2.35. The van der Waals surface area contributed by atoms with Crippen LogP contribution in [-0.4, -0.2) is 75.1 Å². The number of carbonyl (C=O) groups is 3. The molecule has 0 saturated carbocycles. The number of aliphatic hydroxyl groups is 1. The molecule has 0 radical (unpaired) electrons. The summed E-state index contributed by atoms with van der Waals surface area (Å²) >= 11 is 0. The molecular weight excluding hydrogens is 510 g/mol. The van der Waals surface area contributed by atoms with Crippen molar-refractivity contribution in [2.24, 2.45) is 5.92 Å². The van der Waals surface area contributed by atoms with E-state index >= 15 is 0 Å². The predicted octanol–water partition coefficient (Wildman–Crippen LogP) is 4.05. The first-order chi connectivity index (χ1) is 19.1. The van der Waals surface area contributed by atoms with Crippen LogP contribution in [0.25, 0.3) is 0 Å². The molecule has 2 saturated heterocycles. The van der Waals surface area contributed by atoms with Gasteiger partial charge in [-0.2, -0.15) is 0 Å². The van der Waals surface area contributed by atoms with Crippen LogP contribution in [0.15, 0.2) is 48.5 Å². The molecule has 0 aliphatic carbocycles. The van der Waals surface area contributed by atoms with Crippen molar-refractivity contribution in [1.29, 1.82) is 0 Å². The summed E-state index contributed by atoms with van der Waals surface area (Å²) in [6, 6.07) is 13.1. The van der Waals surface area contributed by atoms with Crippen LogP contribution in [0.5, 0.6) is 11.5 Å². The Morgan fingerprint density at radius 3 is 2.20 bits per heavy atom. The van der Waals surface area contributed by atoms with Crippen molar-refractivity contribution in [2.45, 2.75) is 77.1 Å². The number of piperidine rings is 1. The summed E-state index contributed by atoms with van der Waals surface area (Å²) in [5, 5.41) is 22.6. The molecule has 1 spiro atoms. The van der Waals surface area contributed by atoms with E-state index in [4.69, 9.17) is 9.84 Å². The van der Waals surface area contributed by atoms with Crippen LogP contribution < -0.4 is 10.1 Å². The highest BCUT2D eigenvalue weighted by Gasteiger charge is 2.54. The van der Waals surface area contributed by atoms with E-state index in [9.17, 15) is 19.5 Å². The van der Waals surface area contributed by atoms with Gasteiger partial charge in [0.2, 0.25) is 11.8 Å². The lowest BCUT2D eigenvalue weighted by Gasteiger charge is -2.52. The molecule has 0 unspecified atom stereocenters. The first-order valence-corrected chi connectivity index (χ1v) is 14.3. The number of piperazine rings is 1. The average Bonchev–Trinajstić information content (AvgIpc) is 2.93. The van der Waals surface area contributed by atoms with E-state index in [0.29, 0.717) is 56.9 Å². The molecular formula is C31H41N3O6. The summed E-state index contributed by atoms with van der Waals surface area (Å²) in [6.07, 6.45) is 2.40. The van der Waals surface area contributed by atoms with Gasteiger partial charge in [-0.1, -0.05) is 39.3 Å². The lowest BCUT2D eigenvalue weighted by molar-refractivity contribution is -0.164. The molecule has 0 bridgehead atoms. The van der Waals surface area contributed by atoms with Gasteiger partial charge < -0.3 is 25.2 Å². The van der Waals surface area contributed by atoms with Crippen LogP contribution >= 0.6 is 0 Å². The first kappa shape index (κ1) is 29.6. The van der Waals surface area contributed by atoms with E-state index in [2.05, 4.69) is 17.1 Å². The van der Waals surface area contributed by atoms with E-state index in [1.165, 1.54) is 12.1 Å². The monoisotopic (exact) mass is 551 g/mol. The molecule has 2 aliphatic rings. The van der Waals surface area contributed by atoms with Gasteiger partial charge in [-0.05, 0) is 73.6 Å². The zero-order valence-corrected chi connectivity index (χ0v) is 23.6. The number of carboxylic acids is 1. The number of aliphatic hydroxyl groups excluding tert-OH is 1. The fraction of sp³-hybridized carbons (Fsp3) is 0.516. The molecule has 2 amide bonds. The van der Waals surface area contributed by atoms with Gasteiger partial charge in [0.05, 0.1) is 11.7 Å². The molecule has 9 nitrogen and oxygen atoms in total.